The first kappa shape index (κ1) is 23.2. The van der Waals surface area contributed by atoms with Crippen LogP contribution in [0.4, 0.5) is 0 Å². The van der Waals surface area contributed by atoms with Crippen LogP contribution in [0, 0.1) is 5.92 Å². The quantitative estimate of drug-likeness (QED) is 0.707. The first-order valence-electron chi connectivity index (χ1n) is 12.1. The Morgan fingerprint density at radius 1 is 0.939 bits per heavy atom. The van der Waals surface area contributed by atoms with Crippen LogP contribution in [-0.4, -0.2) is 66.3 Å². The summed E-state index contributed by atoms with van der Waals surface area (Å²) in [5.74, 6) is 0.0823. The Kier molecular flexibility index (Phi) is 7.60. The molecule has 0 bridgehead atoms. The molecule has 3 N–H and O–H groups in total. The average Bonchev–Trinajstić information content (AvgIpc) is 2.87. The van der Waals surface area contributed by atoms with E-state index in [0.717, 1.165) is 42.1 Å². The van der Waals surface area contributed by atoms with E-state index in [1.807, 2.05) is 52.3 Å². The number of nitrogens with two attached hydrogens (primary N) is 1. The van der Waals surface area contributed by atoms with E-state index in [9.17, 15) is 14.4 Å². The molecule has 7 heteroatoms. The number of carbonyl (C=O) groups excluding carboxylic acids is 3. The molecule has 176 valence electrons. The van der Waals surface area contributed by atoms with Gasteiger partial charge in [0, 0.05) is 56.7 Å². The van der Waals surface area contributed by atoms with Crippen LogP contribution in [0.15, 0.2) is 42.5 Å². The van der Waals surface area contributed by atoms with Crippen LogP contribution in [0.1, 0.15) is 48.9 Å². The highest BCUT2D eigenvalue weighted by atomic mass is 16.2. The van der Waals surface area contributed by atoms with Crippen LogP contribution in [-0.2, 0) is 9.59 Å². The van der Waals surface area contributed by atoms with Gasteiger partial charge in [-0.05, 0) is 48.9 Å². The van der Waals surface area contributed by atoms with Crippen molar-refractivity contribution in [2.24, 2.45) is 11.7 Å². The van der Waals surface area contributed by atoms with Gasteiger partial charge in [-0.25, -0.2) is 0 Å². The molecule has 2 fully saturated rings. The normalized spacial score (nSPS) is 19.5. The maximum absolute atomic E-state index is 13.3. The van der Waals surface area contributed by atoms with Crippen molar-refractivity contribution in [1.29, 1.82) is 0 Å². The van der Waals surface area contributed by atoms with Gasteiger partial charge in [0.25, 0.3) is 5.91 Å². The molecule has 0 saturated carbocycles. The third-order valence-electron chi connectivity index (χ3n) is 6.97. The Morgan fingerprint density at radius 2 is 1.70 bits per heavy atom. The van der Waals surface area contributed by atoms with Gasteiger partial charge in [-0.2, -0.15) is 0 Å². The predicted octanol–water partition coefficient (Wildman–Crippen LogP) is 2.54. The molecule has 1 atom stereocenters. The van der Waals surface area contributed by atoms with Crippen LogP contribution in [0.5, 0.6) is 0 Å². The van der Waals surface area contributed by atoms with Crippen LogP contribution in [0.25, 0.3) is 10.8 Å². The molecule has 0 aromatic heterocycles. The Bertz CT molecular complexity index is 995. The van der Waals surface area contributed by atoms with E-state index < -0.39 is 0 Å². The number of rotatable bonds is 6. The third-order valence-corrected chi connectivity index (χ3v) is 6.97. The second kappa shape index (κ2) is 10.8. The van der Waals surface area contributed by atoms with Crippen LogP contribution < -0.4 is 11.1 Å². The van der Waals surface area contributed by atoms with Gasteiger partial charge in [0.2, 0.25) is 11.8 Å². The predicted molar refractivity (Wildman–Crippen MR) is 129 cm³/mol. The van der Waals surface area contributed by atoms with Gasteiger partial charge in [-0.3, -0.25) is 14.4 Å². The Hall–Kier alpha value is -2.93. The number of likely N-dealkylation sites (tertiary alicyclic amines) is 2. The molecule has 0 radical (unpaired) electrons. The minimum Gasteiger partial charge on any atom is -0.354 e. The van der Waals surface area contributed by atoms with Gasteiger partial charge >= 0.3 is 0 Å². The van der Waals surface area contributed by atoms with Crippen molar-refractivity contribution in [3.8, 4) is 0 Å². The van der Waals surface area contributed by atoms with E-state index >= 15 is 0 Å². The molecule has 2 aromatic carbocycles. The van der Waals surface area contributed by atoms with Crippen molar-refractivity contribution < 1.29 is 14.4 Å². The van der Waals surface area contributed by atoms with Crippen molar-refractivity contribution in [2.45, 2.75) is 44.6 Å². The first-order valence-corrected chi connectivity index (χ1v) is 12.1. The van der Waals surface area contributed by atoms with E-state index in [1.54, 1.807) is 0 Å². The molecule has 4 rings (SSSR count). The van der Waals surface area contributed by atoms with E-state index in [4.69, 9.17) is 5.73 Å². The fraction of sp³-hybridized carbons (Fsp3) is 0.500. The largest absolute Gasteiger partial charge is 0.354 e. The smallest absolute Gasteiger partial charge is 0.254 e. The van der Waals surface area contributed by atoms with E-state index in [1.165, 1.54) is 0 Å². The number of nitrogens with zero attached hydrogens (tertiary/aromatic N) is 2. The van der Waals surface area contributed by atoms with Gasteiger partial charge in [-0.1, -0.05) is 36.4 Å². The summed E-state index contributed by atoms with van der Waals surface area (Å²) in [6.45, 7) is 2.73. The lowest BCUT2D eigenvalue weighted by atomic mass is 9.92. The summed E-state index contributed by atoms with van der Waals surface area (Å²) in [5, 5.41) is 4.96. The van der Waals surface area contributed by atoms with Crippen molar-refractivity contribution in [3.63, 3.8) is 0 Å². The van der Waals surface area contributed by atoms with Crippen molar-refractivity contribution in [3.05, 3.63) is 48.0 Å². The van der Waals surface area contributed by atoms with Crippen LogP contribution >= 0.6 is 0 Å². The minimum absolute atomic E-state index is 0.0381. The number of fused-ring (bicyclic) bond motifs is 1. The van der Waals surface area contributed by atoms with Gasteiger partial charge in [0.15, 0.2) is 0 Å². The number of piperidine rings is 2. The zero-order valence-electron chi connectivity index (χ0n) is 19.2. The van der Waals surface area contributed by atoms with Gasteiger partial charge in [0.1, 0.15) is 0 Å². The molecule has 0 spiro atoms. The van der Waals surface area contributed by atoms with Gasteiger partial charge < -0.3 is 20.9 Å². The second-order valence-electron chi connectivity index (χ2n) is 9.12. The van der Waals surface area contributed by atoms with Crippen molar-refractivity contribution >= 4 is 28.5 Å². The summed E-state index contributed by atoms with van der Waals surface area (Å²) in [4.78, 5) is 42.3. The highest BCUT2D eigenvalue weighted by Crippen LogP contribution is 2.27. The van der Waals surface area contributed by atoms with E-state index in [2.05, 4.69) is 5.32 Å². The zero-order valence-corrected chi connectivity index (χ0v) is 19.2. The van der Waals surface area contributed by atoms with Gasteiger partial charge in [0.05, 0.1) is 0 Å². The molecule has 7 nitrogen and oxygen atoms in total. The maximum Gasteiger partial charge on any atom is 0.254 e. The van der Waals surface area contributed by atoms with Crippen molar-refractivity contribution in [2.75, 3.05) is 32.7 Å². The number of nitrogens with one attached hydrogen (secondary N) is 1. The molecule has 2 aliphatic rings. The number of amides is 3. The summed E-state index contributed by atoms with van der Waals surface area (Å²) in [6, 6.07) is 13.8. The summed E-state index contributed by atoms with van der Waals surface area (Å²) in [5.41, 5.74) is 6.18. The molecule has 2 aromatic rings. The topological polar surface area (TPSA) is 95.7 Å². The molecule has 33 heavy (non-hydrogen) atoms. The molecule has 1 unspecified atom stereocenters. The highest BCUT2D eigenvalue weighted by molar-refractivity contribution is 6.07. The lowest BCUT2D eigenvalue weighted by Gasteiger charge is -2.40. The monoisotopic (exact) mass is 450 g/mol. The molecule has 0 aliphatic carbocycles. The fourth-order valence-electron chi connectivity index (χ4n) is 5.10. The zero-order chi connectivity index (χ0) is 23.2. The van der Waals surface area contributed by atoms with Crippen LogP contribution in [0.3, 0.4) is 0 Å². The summed E-state index contributed by atoms with van der Waals surface area (Å²) in [6.07, 6.45) is 4.64. The summed E-state index contributed by atoms with van der Waals surface area (Å²) in [7, 11) is 0. The Balaban J connectivity index is 1.36. The average molecular weight is 451 g/mol. The molecular formula is C26H34N4O3. The number of hydrogen-bond donors (Lipinski definition) is 2. The van der Waals surface area contributed by atoms with E-state index in [-0.39, 0.29) is 29.7 Å². The fourth-order valence-corrected chi connectivity index (χ4v) is 5.10. The maximum atomic E-state index is 13.3. The number of hydrogen-bond acceptors (Lipinski definition) is 4. The second-order valence-corrected chi connectivity index (χ2v) is 9.12. The van der Waals surface area contributed by atoms with Gasteiger partial charge in [-0.15, -0.1) is 0 Å². The summed E-state index contributed by atoms with van der Waals surface area (Å²) >= 11 is 0. The summed E-state index contributed by atoms with van der Waals surface area (Å²) < 4.78 is 0. The highest BCUT2D eigenvalue weighted by Gasteiger charge is 2.34. The Labute approximate surface area is 195 Å². The number of carbonyl (C=O) groups is 3. The van der Waals surface area contributed by atoms with Crippen LogP contribution in [0.2, 0.25) is 0 Å². The molecular weight excluding hydrogens is 416 g/mol. The minimum atomic E-state index is -0.0677. The Morgan fingerprint density at radius 3 is 2.48 bits per heavy atom. The lowest BCUT2D eigenvalue weighted by molar-refractivity contribution is -0.141. The van der Waals surface area contributed by atoms with E-state index in [0.29, 0.717) is 45.4 Å². The third kappa shape index (κ3) is 5.36. The molecule has 2 heterocycles. The molecule has 2 saturated heterocycles. The SMILES string of the molecule is NCCC(=O)NCC1CCCCN1C(=O)C1CCN(C(=O)c2cccc3ccccc23)CC1. The first-order chi connectivity index (χ1) is 16.1. The lowest BCUT2D eigenvalue weighted by Crippen LogP contribution is -2.52. The molecule has 3 amide bonds. The standard InChI is InChI=1S/C26H34N4O3/c27-14-11-24(31)28-18-21-8-3-4-15-30(21)25(32)20-12-16-29(17-13-20)26(33)23-10-5-7-19-6-1-2-9-22(19)23/h1-2,5-7,9-10,20-21H,3-4,8,11-18,27H2,(H,28,31). The van der Waals surface area contributed by atoms with Crippen molar-refractivity contribution in [1.82, 2.24) is 15.1 Å². The molecule has 2 aliphatic heterocycles. The number of benzene rings is 2.